The van der Waals surface area contributed by atoms with Gasteiger partial charge < -0.3 is 15.3 Å². The number of rotatable bonds is 7. The van der Waals surface area contributed by atoms with Crippen molar-refractivity contribution in [2.75, 3.05) is 11.9 Å². The molecule has 0 aliphatic rings. The van der Waals surface area contributed by atoms with Crippen molar-refractivity contribution in [2.24, 2.45) is 0 Å². The molecular weight excluding hydrogens is 344 g/mol. The van der Waals surface area contributed by atoms with Gasteiger partial charge in [0.15, 0.2) is 0 Å². The molecule has 0 radical (unpaired) electrons. The molecular formula is C21H24N2O4. The predicted octanol–water partition coefficient (Wildman–Crippen LogP) is 3.38. The van der Waals surface area contributed by atoms with Gasteiger partial charge in [0, 0.05) is 32.1 Å². The molecule has 2 N–H and O–H groups in total. The largest absolute Gasteiger partial charge is 0.478 e. The summed E-state index contributed by atoms with van der Waals surface area (Å²) in [6.07, 6.45) is 0.127. The summed E-state index contributed by atoms with van der Waals surface area (Å²) in [6.45, 7) is 5.73. The van der Waals surface area contributed by atoms with E-state index >= 15 is 0 Å². The number of nitrogens with one attached hydrogen (secondary N) is 1. The van der Waals surface area contributed by atoms with E-state index in [9.17, 15) is 19.5 Å². The van der Waals surface area contributed by atoms with Crippen LogP contribution < -0.4 is 5.32 Å². The van der Waals surface area contributed by atoms with Gasteiger partial charge in [0.2, 0.25) is 11.8 Å². The number of aromatic carboxylic acids is 1. The monoisotopic (exact) mass is 368 g/mol. The van der Waals surface area contributed by atoms with Crippen LogP contribution in [0, 0.1) is 13.8 Å². The molecule has 0 aliphatic carbocycles. The lowest BCUT2D eigenvalue weighted by Gasteiger charge is -2.21. The Morgan fingerprint density at radius 3 is 2.30 bits per heavy atom. The molecule has 0 saturated carbocycles. The summed E-state index contributed by atoms with van der Waals surface area (Å²) < 4.78 is 0. The average Bonchev–Trinajstić information content (AvgIpc) is 2.61. The van der Waals surface area contributed by atoms with Gasteiger partial charge in [-0.2, -0.15) is 0 Å². The zero-order chi connectivity index (χ0) is 20.0. The molecule has 6 nitrogen and oxygen atoms in total. The van der Waals surface area contributed by atoms with Crippen LogP contribution in [-0.2, 0) is 16.1 Å². The molecule has 2 aromatic rings. The summed E-state index contributed by atoms with van der Waals surface area (Å²) in [5.74, 6) is -1.41. The SMILES string of the molecule is CC(=O)N(CCC(=O)Nc1cc(C(=O)O)c(C)cc1C)Cc1ccccc1. The standard InChI is InChI=1S/C21H24N2O4/c1-14-11-15(2)19(12-18(14)21(26)27)22-20(25)9-10-23(16(3)24)13-17-7-5-4-6-8-17/h4-8,11-12H,9-10,13H2,1-3H3,(H,22,25)(H,26,27). The van der Waals surface area contributed by atoms with E-state index < -0.39 is 5.97 Å². The average molecular weight is 368 g/mol. The predicted molar refractivity (Wildman–Crippen MR) is 104 cm³/mol. The maximum Gasteiger partial charge on any atom is 0.336 e. The van der Waals surface area contributed by atoms with Crippen LogP contribution in [0.15, 0.2) is 42.5 Å². The summed E-state index contributed by atoms with van der Waals surface area (Å²) in [5, 5.41) is 12.0. The molecule has 0 aromatic heterocycles. The number of anilines is 1. The van der Waals surface area contributed by atoms with Crippen molar-refractivity contribution in [3.05, 3.63) is 64.7 Å². The maximum atomic E-state index is 12.3. The molecule has 0 heterocycles. The Bertz CT molecular complexity index is 847. The first kappa shape index (κ1) is 20.2. The highest BCUT2D eigenvalue weighted by atomic mass is 16.4. The molecule has 0 aliphatic heterocycles. The van der Waals surface area contributed by atoms with Gasteiger partial charge in [-0.05, 0) is 36.6 Å². The fourth-order valence-electron chi connectivity index (χ4n) is 2.82. The quantitative estimate of drug-likeness (QED) is 0.784. The molecule has 2 amide bonds. The second kappa shape index (κ2) is 8.98. The van der Waals surface area contributed by atoms with Crippen LogP contribution in [0.5, 0.6) is 0 Å². The van der Waals surface area contributed by atoms with E-state index in [0.717, 1.165) is 11.1 Å². The van der Waals surface area contributed by atoms with Crippen molar-refractivity contribution < 1.29 is 19.5 Å². The lowest BCUT2D eigenvalue weighted by molar-refractivity contribution is -0.129. The second-order valence-electron chi connectivity index (χ2n) is 6.51. The van der Waals surface area contributed by atoms with Crippen LogP contribution in [0.3, 0.4) is 0 Å². The molecule has 0 spiro atoms. The summed E-state index contributed by atoms with van der Waals surface area (Å²) in [4.78, 5) is 37.1. The number of nitrogens with zero attached hydrogens (tertiary/aromatic N) is 1. The van der Waals surface area contributed by atoms with Crippen molar-refractivity contribution in [3.63, 3.8) is 0 Å². The minimum absolute atomic E-state index is 0.105. The van der Waals surface area contributed by atoms with E-state index in [0.29, 0.717) is 17.8 Å². The highest BCUT2D eigenvalue weighted by Crippen LogP contribution is 2.21. The first-order valence-corrected chi connectivity index (χ1v) is 8.71. The molecule has 0 saturated heterocycles. The van der Waals surface area contributed by atoms with Gasteiger partial charge in [-0.1, -0.05) is 36.4 Å². The van der Waals surface area contributed by atoms with Gasteiger partial charge >= 0.3 is 5.97 Å². The molecule has 6 heteroatoms. The van der Waals surface area contributed by atoms with Gasteiger partial charge in [-0.3, -0.25) is 9.59 Å². The van der Waals surface area contributed by atoms with Crippen molar-refractivity contribution in [2.45, 2.75) is 33.7 Å². The Balaban J connectivity index is 2.01. The normalized spacial score (nSPS) is 10.3. The fraction of sp³-hybridized carbons (Fsp3) is 0.286. The van der Waals surface area contributed by atoms with Gasteiger partial charge in [-0.25, -0.2) is 4.79 Å². The molecule has 0 unspecified atom stereocenters. The Hall–Kier alpha value is -3.15. The highest BCUT2D eigenvalue weighted by Gasteiger charge is 2.15. The molecule has 0 bridgehead atoms. The van der Waals surface area contributed by atoms with Gasteiger partial charge in [0.1, 0.15) is 0 Å². The first-order valence-electron chi connectivity index (χ1n) is 8.71. The van der Waals surface area contributed by atoms with Gasteiger partial charge in [-0.15, -0.1) is 0 Å². The number of carbonyl (C=O) groups is 3. The highest BCUT2D eigenvalue weighted by molar-refractivity contribution is 5.95. The molecule has 27 heavy (non-hydrogen) atoms. The minimum Gasteiger partial charge on any atom is -0.478 e. The lowest BCUT2D eigenvalue weighted by atomic mass is 10.0. The fourth-order valence-corrected chi connectivity index (χ4v) is 2.82. The van der Waals surface area contributed by atoms with Gasteiger partial charge in [0.05, 0.1) is 5.56 Å². The number of hydrogen-bond acceptors (Lipinski definition) is 3. The Labute approximate surface area is 158 Å². The summed E-state index contributed by atoms with van der Waals surface area (Å²) in [5.41, 5.74) is 3.06. The number of carboxylic acid groups (broad SMARTS) is 1. The van der Waals surface area contributed by atoms with E-state index in [1.165, 1.54) is 13.0 Å². The number of hydrogen-bond donors (Lipinski definition) is 2. The number of benzene rings is 2. The third-order valence-corrected chi connectivity index (χ3v) is 4.35. The first-order chi connectivity index (χ1) is 12.8. The summed E-state index contributed by atoms with van der Waals surface area (Å²) in [6, 6.07) is 12.8. The molecule has 142 valence electrons. The van der Waals surface area contributed by atoms with Crippen molar-refractivity contribution in [1.29, 1.82) is 0 Å². The van der Waals surface area contributed by atoms with E-state index in [2.05, 4.69) is 5.32 Å². The molecule has 2 rings (SSSR count). The zero-order valence-corrected chi connectivity index (χ0v) is 15.8. The van der Waals surface area contributed by atoms with Crippen LogP contribution >= 0.6 is 0 Å². The van der Waals surface area contributed by atoms with Crippen molar-refractivity contribution >= 4 is 23.5 Å². The number of aryl methyl sites for hydroxylation is 2. The summed E-state index contributed by atoms with van der Waals surface area (Å²) >= 11 is 0. The van der Waals surface area contributed by atoms with Crippen molar-refractivity contribution in [3.8, 4) is 0 Å². The van der Waals surface area contributed by atoms with Crippen LogP contribution in [0.25, 0.3) is 0 Å². The Kier molecular flexibility index (Phi) is 6.71. The number of carbonyl (C=O) groups excluding carboxylic acids is 2. The maximum absolute atomic E-state index is 12.3. The molecule has 0 fully saturated rings. The summed E-state index contributed by atoms with van der Waals surface area (Å²) in [7, 11) is 0. The smallest absolute Gasteiger partial charge is 0.336 e. The second-order valence-corrected chi connectivity index (χ2v) is 6.51. The minimum atomic E-state index is -1.03. The van der Waals surface area contributed by atoms with E-state index in [-0.39, 0.29) is 30.3 Å². The number of amides is 2. The van der Waals surface area contributed by atoms with E-state index in [4.69, 9.17) is 0 Å². The number of carboxylic acids is 1. The third kappa shape index (κ3) is 5.67. The van der Waals surface area contributed by atoms with E-state index in [1.807, 2.05) is 37.3 Å². The Morgan fingerprint density at radius 2 is 1.70 bits per heavy atom. The van der Waals surface area contributed by atoms with Crippen LogP contribution in [0.2, 0.25) is 0 Å². The van der Waals surface area contributed by atoms with Crippen LogP contribution in [0.1, 0.15) is 40.4 Å². The Morgan fingerprint density at radius 1 is 1.04 bits per heavy atom. The van der Waals surface area contributed by atoms with E-state index in [1.54, 1.807) is 17.9 Å². The molecule has 2 aromatic carbocycles. The van der Waals surface area contributed by atoms with Gasteiger partial charge in [0.25, 0.3) is 0 Å². The molecule has 0 atom stereocenters. The lowest BCUT2D eigenvalue weighted by Crippen LogP contribution is -2.31. The topological polar surface area (TPSA) is 86.7 Å². The van der Waals surface area contributed by atoms with Crippen LogP contribution in [-0.4, -0.2) is 34.3 Å². The third-order valence-electron chi connectivity index (χ3n) is 4.35. The van der Waals surface area contributed by atoms with Crippen LogP contribution in [0.4, 0.5) is 5.69 Å². The zero-order valence-electron chi connectivity index (χ0n) is 15.8. The van der Waals surface area contributed by atoms with Crippen molar-refractivity contribution in [1.82, 2.24) is 4.90 Å².